The van der Waals surface area contributed by atoms with Gasteiger partial charge in [-0.1, -0.05) is 0 Å². The fourth-order valence-electron chi connectivity index (χ4n) is 2.99. The first-order chi connectivity index (χ1) is 11.6. The van der Waals surface area contributed by atoms with Crippen LogP contribution in [-0.4, -0.2) is 70.1 Å². The van der Waals surface area contributed by atoms with Gasteiger partial charge in [-0.15, -0.1) is 0 Å². The maximum Gasteiger partial charge on any atom is 0.228 e. The Morgan fingerprint density at radius 1 is 1.38 bits per heavy atom. The van der Waals surface area contributed by atoms with Crippen LogP contribution in [0.4, 0.5) is 5.95 Å². The molecule has 2 fully saturated rings. The van der Waals surface area contributed by atoms with Crippen molar-refractivity contribution < 1.29 is 17.9 Å². The van der Waals surface area contributed by atoms with Crippen LogP contribution < -0.4 is 15.0 Å². The molecule has 24 heavy (non-hydrogen) atoms. The number of nitrogens with one attached hydrogen (secondary N) is 1. The molecule has 3 heterocycles. The predicted molar refractivity (Wildman–Crippen MR) is 90.1 cm³/mol. The van der Waals surface area contributed by atoms with Gasteiger partial charge in [0.2, 0.25) is 11.8 Å². The molecular formula is C15H24N4O4S. The summed E-state index contributed by atoms with van der Waals surface area (Å²) in [6, 6.07) is 1.60. The Kier molecular flexibility index (Phi) is 5.52. The van der Waals surface area contributed by atoms with Gasteiger partial charge in [-0.05, 0) is 12.8 Å². The molecule has 1 aromatic heterocycles. The third-order valence-electron chi connectivity index (χ3n) is 4.18. The number of rotatable bonds is 6. The van der Waals surface area contributed by atoms with E-state index in [4.69, 9.17) is 9.47 Å². The van der Waals surface area contributed by atoms with Gasteiger partial charge in [-0.2, -0.15) is 4.98 Å². The van der Waals surface area contributed by atoms with Crippen LogP contribution >= 0.6 is 0 Å². The van der Waals surface area contributed by atoms with E-state index in [0.717, 1.165) is 39.0 Å². The summed E-state index contributed by atoms with van der Waals surface area (Å²) >= 11 is 0. The average molecular weight is 356 g/mol. The Balaban J connectivity index is 1.76. The number of sulfone groups is 1. The van der Waals surface area contributed by atoms with Gasteiger partial charge in [0.05, 0.1) is 30.4 Å². The minimum absolute atomic E-state index is 0.0439. The third-order valence-corrected chi connectivity index (χ3v) is 5.80. The minimum atomic E-state index is -3.29. The molecule has 0 radical (unpaired) electrons. The van der Waals surface area contributed by atoms with Gasteiger partial charge in [0, 0.05) is 38.9 Å². The van der Waals surface area contributed by atoms with Crippen LogP contribution in [0.2, 0.25) is 0 Å². The summed E-state index contributed by atoms with van der Waals surface area (Å²) in [5.41, 5.74) is 0.466. The second kappa shape index (κ2) is 7.62. The molecule has 0 amide bonds. The quantitative estimate of drug-likeness (QED) is 0.761. The molecule has 0 unspecified atom stereocenters. The van der Waals surface area contributed by atoms with Crippen LogP contribution in [0, 0.1) is 0 Å². The van der Waals surface area contributed by atoms with E-state index >= 15 is 0 Å². The average Bonchev–Trinajstić information content (AvgIpc) is 3.07. The molecule has 134 valence electrons. The highest BCUT2D eigenvalue weighted by atomic mass is 32.2. The van der Waals surface area contributed by atoms with E-state index < -0.39 is 9.84 Å². The fourth-order valence-corrected chi connectivity index (χ4v) is 4.53. The van der Waals surface area contributed by atoms with Crippen molar-refractivity contribution in [1.29, 1.82) is 0 Å². The smallest absolute Gasteiger partial charge is 0.228 e. The summed E-state index contributed by atoms with van der Waals surface area (Å²) in [6.45, 7) is 3.93. The number of hydrogen-bond donors (Lipinski definition) is 1. The summed E-state index contributed by atoms with van der Waals surface area (Å²) in [4.78, 5) is 10.8. The largest absolute Gasteiger partial charge is 0.481 e. The van der Waals surface area contributed by atoms with E-state index in [9.17, 15) is 8.42 Å². The standard InChI is InChI=1S/C15H24N4O4S/c1-22-14-9-12(10-24(20,21)11-13-3-2-8-23-13)17-15(18-14)19-6-4-16-5-7-19/h9,13,16H,2-8,10-11H2,1H3/t13-/m1/s1. The maximum absolute atomic E-state index is 12.4. The summed E-state index contributed by atoms with van der Waals surface area (Å²) in [7, 11) is -1.77. The van der Waals surface area contributed by atoms with Crippen molar-refractivity contribution in [3.63, 3.8) is 0 Å². The van der Waals surface area contributed by atoms with Gasteiger partial charge >= 0.3 is 0 Å². The van der Waals surface area contributed by atoms with E-state index in [-0.39, 0.29) is 17.6 Å². The number of aromatic nitrogens is 2. The number of piperazine rings is 1. The van der Waals surface area contributed by atoms with Crippen LogP contribution in [-0.2, 0) is 20.3 Å². The van der Waals surface area contributed by atoms with Crippen LogP contribution in [0.25, 0.3) is 0 Å². The molecule has 2 aliphatic heterocycles. The first-order valence-electron chi connectivity index (χ1n) is 8.25. The first kappa shape index (κ1) is 17.4. The van der Waals surface area contributed by atoms with E-state index in [1.807, 2.05) is 4.90 Å². The maximum atomic E-state index is 12.4. The predicted octanol–water partition coefficient (Wildman–Crippen LogP) is -0.0114. The zero-order chi connectivity index (χ0) is 17.0. The number of anilines is 1. The van der Waals surface area contributed by atoms with Crippen molar-refractivity contribution in [3.8, 4) is 5.88 Å². The Morgan fingerprint density at radius 2 is 2.17 bits per heavy atom. The lowest BCUT2D eigenvalue weighted by molar-refractivity contribution is 0.127. The van der Waals surface area contributed by atoms with Crippen LogP contribution in [0.15, 0.2) is 6.07 Å². The molecule has 9 heteroatoms. The summed E-state index contributed by atoms with van der Waals surface area (Å²) < 4.78 is 35.5. The number of methoxy groups -OCH3 is 1. The van der Waals surface area contributed by atoms with E-state index in [1.165, 1.54) is 7.11 Å². The molecule has 0 saturated carbocycles. The van der Waals surface area contributed by atoms with Crippen molar-refractivity contribution in [3.05, 3.63) is 11.8 Å². The molecule has 1 aromatic rings. The molecule has 0 bridgehead atoms. The normalized spacial score (nSPS) is 21.9. The lowest BCUT2D eigenvalue weighted by atomic mass is 10.3. The molecule has 0 aliphatic carbocycles. The van der Waals surface area contributed by atoms with Crippen LogP contribution in [0.1, 0.15) is 18.5 Å². The molecular weight excluding hydrogens is 332 g/mol. The SMILES string of the molecule is COc1cc(CS(=O)(=O)C[C@H]2CCCO2)nc(N2CCNCC2)n1. The summed E-state index contributed by atoms with van der Waals surface area (Å²) in [6.07, 6.45) is 1.54. The lowest BCUT2D eigenvalue weighted by Crippen LogP contribution is -2.44. The highest BCUT2D eigenvalue weighted by Crippen LogP contribution is 2.20. The molecule has 2 aliphatic rings. The highest BCUT2D eigenvalue weighted by molar-refractivity contribution is 7.90. The van der Waals surface area contributed by atoms with E-state index in [1.54, 1.807) is 6.07 Å². The zero-order valence-corrected chi connectivity index (χ0v) is 14.7. The molecule has 2 saturated heterocycles. The van der Waals surface area contributed by atoms with E-state index in [2.05, 4.69) is 15.3 Å². The zero-order valence-electron chi connectivity index (χ0n) is 13.9. The fraction of sp³-hybridized carbons (Fsp3) is 0.733. The van der Waals surface area contributed by atoms with Gasteiger partial charge < -0.3 is 19.7 Å². The molecule has 1 N–H and O–H groups in total. The van der Waals surface area contributed by atoms with Crippen molar-refractivity contribution >= 4 is 15.8 Å². The van der Waals surface area contributed by atoms with Gasteiger partial charge in [-0.3, -0.25) is 0 Å². The van der Waals surface area contributed by atoms with Crippen molar-refractivity contribution in [2.75, 3.05) is 50.5 Å². The molecule has 3 rings (SSSR count). The Bertz CT molecular complexity index is 655. The molecule has 1 atom stereocenters. The van der Waals surface area contributed by atoms with Gasteiger partial charge in [0.1, 0.15) is 0 Å². The Hall–Kier alpha value is -1.45. The van der Waals surface area contributed by atoms with Crippen LogP contribution in [0.5, 0.6) is 5.88 Å². The lowest BCUT2D eigenvalue weighted by Gasteiger charge is -2.27. The van der Waals surface area contributed by atoms with Gasteiger partial charge in [0.25, 0.3) is 0 Å². The van der Waals surface area contributed by atoms with Crippen LogP contribution in [0.3, 0.4) is 0 Å². The summed E-state index contributed by atoms with van der Waals surface area (Å²) in [5.74, 6) is 0.839. The Morgan fingerprint density at radius 3 is 2.83 bits per heavy atom. The topological polar surface area (TPSA) is 93.7 Å². The second-order valence-electron chi connectivity index (χ2n) is 6.13. The minimum Gasteiger partial charge on any atom is -0.481 e. The van der Waals surface area contributed by atoms with Crippen molar-refractivity contribution in [2.45, 2.75) is 24.7 Å². The molecule has 8 nitrogen and oxygen atoms in total. The third kappa shape index (κ3) is 4.55. The second-order valence-corrected chi connectivity index (χ2v) is 8.24. The number of nitrogens with zero attached hydrogens (tertiary/aromatic N) is 3. The van der Waals surface area contributed by atoms with Gasteiger partial charge in [-0.25, -0.2) is 13.4 Å². The number of hydrogen-bond acceptors (Lipinski definition) is 8. The monoisotopic (exact) mass is 356 g/mol. The molecule has 0 spiro atoms. The van der Waals surface area contributed by atoms with E-state index in [0.29, 0.717) is 24.1 Å². The van der Waals surface area contributed by atoms with Crippen molar-refractivity contribution in [1.82, 2.24) is 15.3 Å². The van der Waals surface area contributed by atoms with Crippen molar-refractivity contribution in [2.24, 2.45) is 0 Å². The number of ether oxygens (including phenoxy) is 2. The molecule has 0 aromatic carbocycles. The Labute approximate surface area is 142 Å². The van der Waals surface area contributed by atoms with Gasteiger partial charge in [0.15, 0.2) is 9.84 Å². The highest BCUT2D eigenvalue weighted by Gasteiger charge is 2.25. The first-order valence-corrected chi connectivity index (χ1v) is 10.1. The summed E-state index contributed by atoms with van der Waals surface area (Å²) in [5, 5.41) is 3.27.